The molecule has 12 N–H and O–H groups in total. The first kappa shape index (κ1) is 37.3. The Balaban J connectivity index is 3.28. The van der Waals surface area contributed by atoms with Gasteiger partial charge in [-0.15, -0.1) is 0 Å². The van der Waals surface area contributed by atoms with Crippen molar-refractivity contribution >= 4 is 41.5 Å². The van der Waals surface area contributed by atoms with Gasteiger partial charge in [-0.05, 0) is 36.5 Å². The molecule has 1 aromatic carbocycles. The Hall–Kier alpha value is -4.77. The van der Waals surface area contributed by atoms with E-state index in [9.17, 15) is 54.0 Å². The lowest BCUT2D eigenvalue weighted by atomic mass is 10.0. The number of carbonyl (C=O) groups excluding carboxylic acids is 5. The lowest BCUT2D eigenvalue weighted by molar-refractivity contribution is -0.143. The summed E-state index contributed by atoms with van der Waals surface area (Å²) in [6.45, 7) is 2.55. The molecule has 0 saturated heterocycles. The van der Waals surface area contributed by atoms with Crippen LogP contribution in [0.1, 0.15) is 45.1 Å². The summed E-state index contributed by atoms with van der Waals surface area (Å²) in [4.78, 5) is 85.8. The monoisotopic (exact) mass is 624 g/mol. The van der Waals surface area contributed by atoms with Crippen LogP contribution in [0.5, 0.6) is 5.75 Å². The number of amides is 5. The fraction of sp³-hybridized carbons (Fsp3) is 0.519. The number of benzene rings is 1. The molecule has 0 radical (unpaired) electrons. The molecule has 0 aliphatic rings. The number of aliphatic hydroxyl groups excluding tert-OH is 1. The maximum absolute atomic E-state index is 13.5. The van der Waals surface area contributed by atoms with Crippen LogP contribution >= 0.6 is 0 Å². The van der Waals surface area contributed by atoms with E-state index in [4.69, 9.17) is 11.5 Å². The minimum Gasteiger partial charge on any atom is -0.508 e. The summed E-state index contributed by atoms with van der Waals surface area (Å²) >= 11 is 0. The Morgan fingerprint density at radius 2 is 1.27 bits per heavy atom. The maximum atomic E-state index is 13.5. The molecule has 244 valence electrons. The third kappa shape index (κ3) is 13.5. The van der Waals surface area contributed by atoms with Crippen LogP contribution in [0.25, 0.3) is 0 Å². The van der Waals surface area contributed by atoms with Crippen molar-refractivity contribution in [2.45, 2.75) is 76.2 Å². The van der Waals surface area contributed by atoms with E-state index in [1.807, 2.05) is 0 Å². The van der Waals surface area contributed by atoms with E-state index < -0.39 is 84.7 Å². The number of phenols is 1. The SMILES string of the molecule is CC(C)C[C@H](NC(=O)[C@H](Cc1ccc(O)cc1)NC(=O)[C@H](CC(=O)O)NC(=O)[C@@H](N)CCC(N)=O)C(=O)N[C@@H](CO)C(=O)O. The summed E-state index contributed by atoms with van der Waals surface area (Å²) in [6, 6.07) is -1.85. The van der Waals surface area contributed by atoms with Gasteiger partial charge in [0.05, 0.1) is 19.1 Å². The van der Waals surface area contributed by atoms with Crippen molar-refractivity contribution in [3.05, 3.63) is 29.8 Å². The Labute approximate surface area is 252 Å². The summed E-state index contributed by atoms with van der Waals surface area (Å²) in [6.07, 6.45) is -1.49. The number of carboxylic acids is 2. The number of carboxylic acid groups (broad SMARTS) is 2. The number of carbonyl (C=O) groups is 7. The molecule has 1 rings (SSSR count). The van der Waals surface area contributed by atoms with E-state index in [2.05, 4.69) is 21.3 Å². The van der Waals surface area contributed by atoms with Crippen molar-refractivity contribution in [3.8, 4) is 5.75 Å². The van der Waals surface area contributed by atoms with Crippen molar-refractivity contribution in [1.82, 2.24) is 21.3 Å². The largest absolute Gasteiger partial charge is 0.508 e. The number of aliphatic carboxylic acids is 2. The van der Waals surface area contributed by atoms with Gasteiger partial charge in [-0.25, -0.2) is 4.79 Å². The average Bonchev–Trinajstić information content (AvgIpc) is 2.93. The normalized spacial score (nSPS) is 14.3. The number of nitrogens with one attached hydrogen (secondary N) is 4. The van der Waals surface area contributed by atoms with Crippen molar-refractivity contribution in [3.63, 3.8) is 0 Å². The third-order valence-electron chi connectivity index (χ3n) is 6.20. The van der Waals surface area contributed by atoms with Gasteiger partial charge in [-0.1, -0.05) is 26.0 Å². The summed E-state index contributed by atoms with van der Waals surface area (Å²) < 4.78 is 0. The van der Waals surface area contributed by atoms with Gasteiger partial charge in [-0.3, -0.25) is 28.8 Å². The van der Waals surface area contributed by atoms with Crippen LogP contribution in [0.4, 0.5) is 0 Å². The number of aromatic hydroxyl groups is 1. The lowest BCUT2D eigenvalue weighted by Gasteiger charge is -2.26. The van der Waals surface area contributed by atoms with Gasteiger partial charge in [-0.2, -0.15) is 0 Å². The van der Waals surface area contributed by atoms with Crippen molar-refractivity contribution in [2.75, 3.05) is 6.61 Å². The summed E-state index contributed by atoms with van der Waals surface area (Å²) in [5.74, 6) is -7.82. The predicted molar refractivity (Wildman–Crippen MR) is 152 cm³/mol. The fourth-order valence-corrected chi connectivity index (χ4v) is 3.87. The molecular formula is C27H40N6O11. The van der Waals surface area contributed by atoms with Crippen molar-refractivity contribution < 1.29 is 54.0 Å². The average molecular weight is 625 g/mol. The van der Waals surface area contributed by atoms with Crippen LogP contribution in [0.2, 0.25) is 0 Å². The van der Waals surface area contributed by atoms with Gasteiger partial charge in [0, 0.05) is 12.8 Å². The van der Waals surface area contributed by atoms with Crippen LogP contribution in [0, 0.1) is 5.92 Å². The smallest absolute Gasteiger partial charge is 0.328 e. The molecule has 0 aliphatic heterocycles. The zero-order valence-corrected chi connectivity index (χ0v) is 24.3. The first-order chi connectivity index (χ1) is 20.5. The van der Waals surface area contributed by atoms with Crippen molar-refractivity contribution in [1.29, 1.82) is 0 Å². The molecule has 0 heterocycles. The number of aliphatic hydroxyl groups is 1. The van der Waals surface area contributed by atoms with Crippen LogP contribution < -0.4 is 32.7 Å². The lowest BCUT2D eigenvalue weighted by Crippen LogP contribution is -2.59. The third-order valence-corrected chi connectivity index (χ3v) is 6.20. The summed E-state index contributed by atoms with van der Waals surface area (Å²) in [7, 11) is 0. The first-order valence-electron chi connectivity index (χ1n) is 13.6. The first-order valence-corrected chi connectivity index (χ1v) is 13.6. The highest BCUT2D eigenvalue weighted by Gasteiger charge is 2.33. The second kappa shape index (κ2) is 18.0. The second-order valence-electron chi connectivity index (χ2n) is 10.5. The molecule has 0 aromatic heterocycles. The quantitative estimate of drug-likeness (QED) is 0.0739. The molecule has 0 saturated carbocycles. The predicted octanol–water partition coefficient (Wildman–Crippen LogP) is -2.94. The fourth-order valence-electron chi connectivity index (χ4n) is 3.87. The second-order valence-corrected chi connectivity index (χ2v) is 10.5. The van der Waals surface area contributed by atoms with Gasteiger partial charge < -0.3 is 53.2 Å². The van der Waals surface area contributed by atoms with E-state index in [0.29, 0.717) is 5.56 Å². The molecular weight excluding hydrogens is 584 g/mol. The number of primary amides is 1. The highest BCUT2D eigenvalue weighted by atomic mass is 16.4. The van der Waals surface area contributed by atoms with Gasteiger partial charge in [0.15, 0.2) is 0 Å². The van der Waals surface area contributed by atoms with E-state index in [-0.39, 0.29) is 37.4 Å². The molecule has 1 aromatic rings. The Kier molecular flexibility index (Phi) is 15.3. The molecule has 0 spiro atoms. The minimum absolute atomic E-state index is 0.0378. The minimum atomic E-state index is -1.70. The standard InChI is InChI=1S/C27H40N6O11/c1-13(2)9-17(24(40)33-20(12-34)27(43)44)31-25(41)18(10-14-3-5-15(35)6-4-14)32-26(42)19(11-22(37)38)30-23(39)16(28)7-8-21(29)36/h3-6,13,16-20,34-35H,7-12,28H2,1-2H3,(H2,29,36)(H,30,39)(H,31,41)(H,32,42)(H,33,40)(H,37,38)(H,43,44)/t16-,17-,18-,19-,20-/m0/s1. The molecule has 0 aliphatic carbocycles. The molecule has 44 heavy (non-hydrogen) atoms. The number of hydrogen-bond donors (Lipinski definition) is 10. The van der Waals surface area contributed by atoms with Crippen molar-refractivity contribution in [2.24, 2.45) is 17.4 Å². The van der Waals surface area contributed by atoms with E-state index in [1.54, 1.807) is 13.8 Å². The molecule has 17 heteroatoms. The van der Waals surface area contributed by atoms with E-state index >= 15 is 0 Å². The molecule has 5 atom stereocenters. The number of rotatable bonds is 19. The Bertz CT molecular complexity index is 1190. The number of hydrogen-bond acceptors (Lipinski definition) is 10. The van der Waals surface area contributed by atoms with Crippen LogP contribution in [0.15, 0.2) is 24.3 Å². The van der Waals surface area contributed by atoms with Crippen LogP contribution in [-0.2, 0) is 40.0 Å². The van der Waals surface area contributed by atoms with Gasteiger partial charge in [0.25, 0.3) is 0 Å². The Morgan fingerprint density at radius 1 is 0.773 bits per heavy atom. The maximum Gasteiger partial charge on any atom is 0.328 e. The zero-order chi connectivity index (χ0) is 33.6. The summed E-state index contributed by atoms with van der Waals surface area (Å²) in [5.41, 5.74) is 11.2. The topological polar surface area (TPSA) is 301 Å². The molecule has 0 unspecified atom stereocenters. The van der Waals surface area contributed by atoms with Gasteiger partial charge in [0.1, 0.15) is 29.9 Å². The molecule has 5 amide bonds. The zero-order valence-electron chi connectivity index (χ0n) is 24.3. The highest BCUT2D eigenvalue weighted by molar-refractivity contribution is 5.96. The highest BCUT2D eigenvalue weighted by Crippen LogP contribution is 2.13. The Morgan fingerprint density at radius 3 is 1.77 bits per heavy atom. The summed E-state index contributed by atoms with van der Waals surface area (Å²) in [5, 5.41) is 46.6. The van der Waals surface area contributed by atoms with Gasteiger partial charge >= 0.3 is 11.9 Å². The van der Waals surface area contributed by atoms with Crippen LogP contribution in [-0.4, -0.2) is 98.7 Å². The molecule has 0 fully saturated rings. The van der Waals surface area contributed by atoms with Gasteiger partial charge in [0.2, 0.25) is 29.5 Å². The van der Waals surface area contributed by atoms with E-state index in [0.717, 1.165) is 0 Å². The number of nitrogens with two attached hydrogens (primary N) is 2. The van der Waals surface area contributed by atoms with E-state index in [1.165, 1.54) is 24.3 Å². The number of phenolic OH excluding ortho intramolecular Hbond substituents is 1. The molecule has 0 bridgehead atoms. The van der Waals surface area contributed by atoms with Crippen LogP contribution in [0.3, 0.4) is 0 Å². The molecule has 17 nitrogen and oxygen atoms in total.